The van der Waals surface area contributed by atoms with Crippen molar-refractivity contribution in [3.8, 4) is 0 Å². The van der Waals surface area contributed by atoms with Crippen molar-refractivity contribution in [2.75, 3.05) is 5.75 Å². The molecule has 1 unspecified atom stereocenters. The van der Waals surface area contributed by atoms with Gasteiger partial charge in [-0.05, 0) is 19.1 Å². The Bertz CT molecular complexity index is 656. The number of benzene rings is 2. The summed E-state index contributed by atoms with van der Waals surface area (Å²) in [6.07, 6.45) is -0.817. The highest BCUT2D eigenvalue weighted by atomic mass is 32.2. The molecule has 0 fully saturated rings. The lowest BCUT2D eigenvalue weighted by atomic mass is 10.1. The summed E-state index contributed by atoms with van der Waals surface area (Å²) in [6, 6.07) is 16.9. The molecule has 0 saturated heterocycles. The molecule has 1 amide bonds. The van der Waals surface area contributed by atoms with Crippen molar-refractivity contribution in [1.29, 1.82) is 0 Å². The van der Waals surface area contributed by atoms with Crippen LogP contribution >= 0.6 is 11.8 Å². The zero-order chi connectivity index (χ0) is 16.7. The molecule has 0 aliphatic rings. The molecule has 23 heavy (non-hydrogen) atoms. The van der Waals surface area contributed by atoms with E-state index >= 15 is 0 Å². The Hall–Kier alpha value is -2.27. The van der Waals surface area contributed by atoms with Gasteiger partial charge in [0.15, 0.2) is 0 Å². The van der Waals surface area contributed by atoms with Crippen molar-refractivity contribution in [3.05, 3.63) is 65.7 Å². The summed E-state index contributed by atoms with van der Waals surface area (Å²) in [5, 5.41) is 0. The van der Waals surface area contributed by atoms with Crippen molar-refractivity contribution >= 4 is 23.6 Å². The lowest BCUT2D eigenvalue weighted by molar-refractivity contribution is -0.155. The van der Waals surface area contributed by atoms with E-state index in [1.54, 1.807) is 36.0 Å². The van der Waals surface area contributed by atoms with Gasteiger partial charge >= 0.3 is 5.97 Å². The summed E-state index contributed by atoms with van der Waals surface area (Å²) >= 11 is 1.57. The van der Waals surface area contributed by atoms with E-state index in [1.807, 2.05) is 37.3 Å². The van der Waals surface area contributed by atoms with E-state index in [4.69, 9.17) is 10.5 Å². The first-order chi connectivity index (χ1) is 11.1. The number of carbonyl (C=O) groups is 2. The van der Waals surface area contributed by atoms with Gasteiger partial charge in [-0.1, -0.05) is 48.0 Å². The largest absolute Gasteiger partial charge is 0.447 e. The van der Waals surface area contributed by atoms with Gasteiger partial charge in [0.2, 0.25) is 6.10 Å². The van der Waals surface area contributed by atoms with Gasteiger partial charge in [0.25, 0.3) is 5.91 Å². The number of hydrogen-bond donors (Lipinski definition) is 1. The molecule has 0 bridgehead atoms. The van der Waals surface area contributed by atoms with Crippen LogP contribution in [0.15, 0.2) is 59.5 Å². The molecular formula is C18H19NO3S. The van der Waals surface area contributed by atoms with Crippen LogP contribution in [-0.2, 0) is 14.3 Å². The third kappa shape index (κ3) is 5.45. The van der Waals surface area contributed by atoms with Crippen LogP contribution in [0.1, 0.15) is 23.7 Å². The lowest BCUT2D eigenvalue weighted by Gasteiger charge is -2.14. The van der Waals surface area contributed by atoms with Gasteiger partial charge in [-0.3, -0.25) is 9.59 Å². The quantitative estimate of drug-likeness (QED) is 0.625. The van der Waals surface area contributed by atoms with Crippen LogP contribution in [0.3, 0.4) is 0 Å². The first-order valence-electron chi connectivity index (χ1n) is 7.29. The summed E-state index contributed by atoms with van der Waals surface area (Å²) < 4.78 is 5.23. The average molecular weight is 329 g/mol. The molecular weight excluding hydrogens is 310 g/mol. The maximum atomic E-state index is 11.9. The van der Waals surface area contributed by atoms with Gasteiger partial charge < -0.3 is 10.5 Å². The van der Waals surface area contributed by atoms with Crippen LogP contribution in [0.25, 0.3) is 0 Å². The number of esters is 1. The Labute approximate surface area is 140 Å². The number of nitrogens with two attached hydrogens (primary N) is 1. The molecule has 2 aromatic rings. The van der Waals surface area contributed by atoms with Crippen LogP contribution in [0.2, 0.25) is 0 Å². The fourth-order valence-corrected chi connectivity index (χ4v) is 2.83. The average Bonchev–Trinajstić information content (AvgIpc) is 2.55. The summed E-state index contributed by atoms with van der Waals surface area (Å²) in [7, 11) is 0. The van der Waals surface area contributed by atoms with Gasteiger partial charge in [0, 0.05) is 16.2 Å². The second-order valence-electron chi connectivity index (χ2n) is 5.09. The molecule has 0 aliphatic heterocycles. The molecule has 0 heterocycles. The second-order valence-corrected chi connectivity index (χ2v) is 6.26. The maximum Gasteiger partial charge on any atom is 0.307 e. The zero-order valence-electron chi connectivity index (χ0n) is 12.9. The van der Waals surface area contributed by atoms with Gasteiger partial charge in [0.1, 0.15) is 0 Å². The van der Waals surface area contributed by atoms with Gasteiger partial charge in [-0.15, -0.1) is 11.8 Å². The van der Waals surface area contributed by atoms with Crippen LogP contribution in [-0.4, -0.2) is 17.6 Å². The van der Waals surface area contributed by atoms with Crippen LogP contribution in [0.5, 0.6) is 0 Å². The summed E-state index contributed by atoms with van der Waals surface area (Å²) in [4.78, 5) is 24.5. The first-order valence-corrected chi connectivity index (χ1v) is 8.28. The topological polar surface area (TPSA) is 69.4 Å². The first kappa shape index (κ1) is 17.1. The molecule has 1 atom stereocenters. The highest BCUT2D eigenvalue weighted by molar-refractivity contribution is 7.99. The Morgan fingerprint density at radius 3 is 2.35 bits per heavy atom. The molecule has 4 nitrogen and oxygen atoms in total. The lowest BCUT2D eigenvalue weighted by Crippen LogP contribution is -2.26. The van der Waals surface area contributed by atoms with E-state index in [0.29, 0.717) is 11.3 Å². The molecule has 5 heteroatoms. The smallest absolute Gasteiger partial charge is 0.307 e. The summed E-state index contributed by atoms with van der Waals surface area (Å²) in [5.41, 5.74) is 7.11. The van der Waals surface area contributed by atoms with Crippen LogP contribution in [0.4, 0.5) is 0 Å². The van der Waals surface area contributed by atoms with Gasteiger partial charge in [0.05, 0.1) is 6.42 Å². The Morgan fingerprint density at radius 2 is 1.74 bits per heavy atom. The van der Waals surface area contributed by atoms with E-state index in [0.717, 1.165) is 4.90 Å². The number of ether oxygens (including phenoxy) is 1. The minimum atomic E-state index is -1.03. The van der Waals surface area contributed by atoms with E-state index in [1.165, 1.54) is 5.56 Å². The SMILES string of the molecule is Cc1ccc(SCCC(=O)OC(C(N)=O)c2ccccc2)cc1. The van der Waals surface area contributed by atoms with Crippen molar-refractivity contribution < 1.29 is 14.3 Å². The number of rotatable bonds is 7. The van der Waals surface area contributed by atoms with E-state index < -0.39 is 18.0 Å². The van der Waals surface area contributed by atoms with Crippen molar-refractivity contribution in [2.45, 2.75) is 24.3 Å². The Balaban J connectivity index is 1.85. The van der Waals surface area contributed by atoms with Crippen molar-refractivity contribution in [2.24, 2.45) is 5.73 Å². The number of hydrogen-bond acceptors (Lipinski definition) is 4. The third-order valence-corrected chi connectivity index (χ3v) is 4.22. The molecule has 2 rings (SSSR count). The maximum absolute atomic E-state index is 11.9. The van der Waals surface area contributed by atoms with Gasteiger partial charge in [-0.2, -0.15) is 0 Å². The molecule has 0 spiro atoms. The highest BCUT2D eigenvalue weighted by Gasteiger charge is 2.22. The fraction of sp³-hybridized carbons (Fsp3) is 0.222. The van der Waals surface area contributed by atoms with E-state index in [9.17, 15) is 9.59 Å². The van der Waals surface area contributed by atoms with Crippen molar-refractivity contribution in [3.63, 3.8) is 0 Å². The minimum absolute atomic E-state index is 0.217. The molecule has 0 radical (unpaired) electrons. The number of carbonyl (C=O) groups excluding carboxylic acids is 2. The summed E-state index contributed by atoms with van der Waals surface area (Å²) in [6.45, 7) is 2.03. The van der Waals surface area contributed by atoms with E-state index in [2.05, 4.69) is 0 Å². The van der Waals surface area contributed by atoms with E-state index in [-0.39, 0.29) is 6.42 Å². The molecule has 0 saturated carbocycles. The summed E-state index contributed by atoms with van der Waals surface area (Å²) in [5.74, 6) is -0.518. The fourth-order valence-electron chi connectivity index (χ4n) is 2.00. The van der Waals surface area contributed by atoms with Crippen LogP contribution < -0.4 is 5.73 Å². The number of primary amides is 1. The molecule has 0 aromatic heterocycles. The number of amides is 1. The third-order valence-electron chi connectivity index (χ3n) is 3.21. The Morgan fingerprint density at radius 1 is 1.09 bits per heavy atom. The van der Waals surface area contributed by atoms with Crippen LogP contribution in [0, 0.1) is 6.92 Å². The highest BCUT2D eigenvalue weighted by Crippen LogP contribution is 2.21. The molecule has 120 valence electrons. The predicted molar refractivity (Wildman–Crippen MR) is 91.0 cm³/mol. The van der Waals surface area contributed by atoms with Gasteiger partial charge in [-0.25, -0.2) is 0 Å². The predicted octanol–water partition coefficient (Wildman–Crippen LogP) is 3.25. The molecule has 0 aliphatic carbocycles. The Kier molecular flexibility index (Phi) is 6.23. The normalized spacial score (nSPS) is 11.7. The number of aryl methyl sites for hydroxylation is 1. The molecule has 2 aromatic carbocycles. The standard InChI is InChI=1S/C18H19NO3S/c1-13-7-9-15(10-8-13)23-12-11-16(20)22-17(18(19)21)14-5-3-2-4-6-14/h2-10,17H,11-12H2,1H3,(H2,19,21). The van der Waals surface area contributed by atoms with Crippen molar-refractivity contribution in [1.82, 2.24) is 0 Å². The minimum Gasteiger partial charge on any atom is -0.447 e. The number of thioether (sulfide) groups is 1. The zero-order valence-corrected chi connectivity index (χ0v) is 13.7. The molecule has 2 N–H and O–H groups in total. The second kappa shape index (κ2) is 8.39. The monoisotopic (exact) mass is 329 g/mol.